The van der Waals surface area contributed by atoms with E-state index in [9.17, 15) is 9.59 Å². The Kier molecular flexibility index (Phi) is 4.97. The molecule has 1 N–H and O–H groups in total. The molecular formula is C19H19N3O4. The number of benzene rings is 1. The van der Waals surface area contributed by atoms with Gasteiger partial charge in [0.2, 0.25) is 0 Å². The topological polar surface area (TPSA) is 94.3 Å². The molecule has 3 aromatic rings. The quantitative estimate of drug-likeness (QED) is 0.706. The molecule has 0 aliphatic heterocycles. The number of amides is 1. The Bertz CT molecular complexity index is 964. The Morgan fingerprint density at radius 3 is 2.69 bits per heavy atom. The molecule has 2 heterocycles. The average Bonchev–Trinajstić information content (AvgIpc) is 3.03. The van der Waals surface area contributed by atoms with Gasteiger partial charge in [-0.25, -0.2) is 4.79 Å². The largest absolute Gasteiger partial charge is 0.449 e. The molecule has 1 atom stereocenters. The van der Waals surface area contributed by atoms with Gasteiger partial charge in [0.05, 0.1) is 11.1 Å². The number of nitrogens with one attached hydrogen (secondary N) is 1. The summed E-state index contributed by atoms with van der Waals surface area (Å²) in [5.74, 6) is -0.162. The fraction of sp³-hybridized carbons (Fsp3) is 0.263. The molecule has 1 amide bonds. The summed E-state index contributed by atoms with van der Waals surface area (Å²) >= 11 is 0. The summed E-state index contributed by atoms with van der Waals surface area (Å²) < 4.78 is 10.4. The van der Waals surface area contributed by atoms with Gasteiger partial charge in [-0.3, -0.25) is 9.78 Å². The van der Waals surface area contributed by atoms with Crippen molar-refractivity contribution in [1.82, 2.24) is 10.1 Å². The molecule has 0 bridgehead atoms. The van der Waals surface area contributed by atoms with E-state index < -0.39 is 18.0 Å². The number of anilines is 1. The molecule has 7 nitrogen and oxygen atoms in total. The van der Waals surface area contributed by atoms with Crippen LogP contribution in [0.1, 0.15) is 35.2 Å². The predicted octanol–water partition coefficient (Wildman–Crippen LogP) is 3.41. The molecule has 2 aromatic heterocycles. The predicted molar refractivity (Wildman–Crippen MR) is 95.8 cm³/mol. The second kappa shape index (κ2) is 7.35. The van der Waals surface area contributed by atoms with Crippen LogP contribution in [0.15, 0.2) is 40.9 Å². The molecule has 0 saturated carbocycles. The zero-order chi connectivity index (χ0) is 18.7. The summed E-state index contributed by atoms with van der Waals surface area (Å²) in [5.41, 5.74) is 1.79. The first kappa shape index (κ1) is 17.6. The highest BCUT2D eigenvalue weighted by molar-refractivity contribution is 6.05. The average molecular weight is 353 g/mol. The number of hydrogen-bond donors (Lipinski definition) is 1. The van der Waals surface area contributed by atoms with E-state index in [1.807, 2.05) is 18.2 Å². The number of ether oxygens (including phenoxy) is 1. The van der Waals surface area contributed by atoms with Crippen LogP contribution in [0.2, 0.25) is 0 Å². The van der Waals surface area contributed by atoms with Crippen molar-refractivity contribution in [2.45, 2.75) is 33.3 Å². The number of rotatable bonds is 5. The molecule has 0 aliphatic rings. The van der Waals surface area contributed by atoms with Crippen LogP contribution in [0.25, 0.3) is 10.9 Å². The number of para-hydroxylation sites is 1. The van der Waals surface area contributed by atoms with E-state index in [1.165, 1.54) is 0 Å². The lowest BCUT2D eigenvalue weighted by Gasteiger charge is -2.16. The number of carbonyl (C=O) groups excluding carboxylic acids is 2. The SMILES string of the molecule is CC[C@@H](OC(=O)c1cc(C)nc2ccccc12)C(=O)Nc1cc(C)on1. The van der Waals surface area contributed by atoms with E-state index in [1.54, 1.807) is 39.0 Å². The second-order valence-corrected chi connectivity index (χ2v) is 5.94. The lowest BCUT2D eigenvalue weighted by molar-refractivity contribution is -0.124. The van der Waals surface area contributed by atoms with Gasteiger partial charge in [0.15, 0.2) is 11.9 Å². The summed E-state index contributed by atoms with van der Waals surface area (Å²) in [7, 11) is 0. The summed E-state index contributed by atoms with van der Waals surface area (Å²) in [6, 6.07) is 10.6. The summed E-state index contributed by atoms with van der Waals surface area (Å²) in [4.78, 5) is 29.5. The first-order valence-corrected chi connectivity index (χ1v) is 8.29. The monoisotopic (exact) mass is 353 g/mol. The highest BCUT2D eigenvalue weighted by atomic mass is 16.5. The molecule has 134 valence electrons. The molecule has 0 unspecified atom stereocenters. The van der Waals surface area contributed by atoms with E-state index in [2.05, 4.69) is 15.5 Å². The lowest BCUT2D eigenvalue weighted by Crippen LogP contribution is -2.32. The van der Waals surface area contributed by atoms with Gasteiger partial charge in [0, 0.05) is 17.1 Å². The molecule has 1 aromatic carbocycles. The molecule has 0 fully saturated rings. The summed E-state index contributed by atoms with van der Waals surface area (Å²) in [6.45, 7) is 5.29. The molecule has 0 aliphatic carbocycles. The number of esters is 1. The number of pyridine rings is 1. The maximum Gasteiger partial charge on any atom is 0.339 e. The minimum atomic E-state index is -0.938. The molecule has 26 heavy (non-hydrogen) atoms. The minimum Gasteiger partial charge on any atom is -0.449 e. The Labute approximate surface area is 150 Å². The van der Waals surface area contributed by atoms with Gasteiger partial charge < -0.3 is 14.6 Å². The molecule has 7 heteroatoms. The smallest absolute Gasteiger partial charge is 0.339 e. The van der Waals surface area contributed by atoms with Crippen molar-refractivity contribution in [2.24, 2.45) is 0 Å². The van der Waals surface area contributed by atoms with Crippen LogP contribution in [0.3, 0.4) is 0 Å². The van der Waals surface area contributed by atoms with Crippen LogP contribution in [-0.4, -0.2) is 28.1 Å². The molecule has 0 radical (unpaired) electrons. The number of nitrogens with zero attached hydrogens (tertiary/aromatic N) is 2. The van der Waals surface area contributed by atoms with Crippen molar-refractivity contribution >= 4 is 28.6 Å². The van der Waals surface area contributed by atoms with Crippen LogP contribution in [0.5, 0.6) is 0 Å². The third-order valence-electron chi connectivity index (χ3n) is 3.86. The number of aryl methyl sites for hydroxylation is 2. The Morgan fingerprint density at radius 1 is 1.23 bits per heavy atom. The number of aromatic nitrogens is 2. The van der Waals surface area contributed by atoms with Crippen molar-refractivity contribution in [3.63, 3.8) is 0 Å². The minimum absolute atomic E-state index is 0.284. The first-order chi connectivity index (χ1) is 12.5. The first-order valence-electron chi connectivity index (χ1n) is 8.29. The third-order valence-corrected chi connectivity index (χ3v) is 3.86. The summed E-state index contributed by atoms with van der Waals surface area (Å²) in [5, 5.41) is 6.98. The van der Waals surface area contributed by atoms with Crippen molar-refractivity contribution in [3.8, 4) is 0 Å². The van der Waals surface area contributed by atoms with E-state index >= 15 is 0 Å². The van der Waals surface area contributed by atoms with E-state index in [-0.39, 0.29) is 5.82 Å². The van der Waals surface area contributed by atoms with Crippen LogP contribution < -0.4 is 5.32 Å². The highest BCUT2D eigenvalue weighted by Crippen LogP contribution is 2.20. The van der Waals surface area contributed by atoms with E-state index in [0.717, 1.165) is 0 Å². The highest BCUT2D eigenvalue weighted by Gasteiger charge is 2.24. The van der Waals surface area contributed by atoms with Crippen molar-refractivity contribution in [2.75, 3.05) is 5.32 Å². The van der Waals surface area contributed by atoms with Crippen molar-refractivity contribution in [1.29, 1.82) is 0 Å². The lowest BCUT2D eigenvalue weighted by atomic mass is 10.1. The van der Waals surface area contributed by atoms with E-state index in [0.29, 0.717) is 34.3 Å². The zero-order valence-corrected chi connectivity index (χ0v) is 14.8. The number of fused-ring (bicyclic) bond motifs is 1. The van der Waals surface area contributed by atoms with Crippen molar-refractivity contribution < 1.29 is 18.8 Å². The maximum absolute atomic E-state index is 12.7. The van der Waals surface area contributed by atoms with Crippen LogP contribution in [0, 0.1) is 13.8 Å². The Hall–Kier alpha value is -3.22. The van der Waals surface area contributed by atoms with Crippen LogP contribution in [-0.2, 0) is 9.53 Å². The van der Waals surface area contributed by atoms with Gasteiger partial charge >= 0.3 is 5.97 Å². The maximum atomic E-state index is 12.7. The molecule has 3 rings (SSSR count). The van der Waals surface area contributed by atoms with Gasteiger partial charge in [-0.15, -0.1) is 0 Å². The van der Waals surface area contributed by atoms with Gasteiger partial charge in [0.1, 0.15) is 5.76 Å². The number of hydrogen-bond acceptors (Lipinski definition) is 6. The summed E-state index contributed by atoms with van der Waals surface area (Å²) in [6.07, 6.45) is -0.608. The molecule has 0 spiro atoms. The van der Waals surface area contributed by atoms with Crippen LogP contribution >= 0.6 is 0 Å². The Morgan fingerprint density at radius 2 is 2.00 bits per heavy atom. The fourth-order valence-corrected chi connectivity index (χ4v) is 2.62. The van der Waals surface area contributed by atoms with Crippen LogP contribution in [0.4, 0.5) is 5.82 Å². The van der Waals surface area contributed by atoms with Gasteiger partial charge in [-0.05, 0) is 32.4 Å². The standard InChI is InChI=1S/C19H19N3O4/c1-4-16(18(23)21-17-10-12(3)26-22-17)25-19(24)14-9-11(2)20-15-8-6-5-7-13(14)15/h5-10,16H,4H2,1-3H3,(H,21,22,23)/t16-/m1/s1. The van der Waals surface area contributed by atoms with Crippen molar-refractivity contribution in [3.05, 3.63) is 53.4 Å². The molecular weight excluding hydrogens is 334 g/mol. The number of carbonyl (C=O) groups is 2. The fourth-order valence-electron chi connectivity index (χ4n) is 2.62. The second-order valence-electron chi connectivity index (χ2n) is 5.94. The van der Waals surface area contributed by atoms with Gasteiger partial charge in [-0.2, -0.15) is 0 Å². The van der Waals surface area contributed by atoms with Gasteiger partial charge in [-0.1, -0.05) is 30.3 Å². The molecule has 0 saturated heterocycles. The normalized spacial score (nSPS) is 12.0. The van der Waals surface area contributed by atoms with Gasteiger partial charge in [0.25, 0.3) is 5.91 Å². The Balaban J connectivity index is 1.80. The third kappa shape index (κ3) is 3.72. The van der Waals surface area contributed by atoms with E-state index in [4.69, 9.17) is 9.26 Å². The zero-order valence-electron chi connectivity index (χ0n) is 14.8.